The molecule has 2 aromatic carbocycles. The number of aromatic hydroxyl groups is 1. The smallest absolute Gasteiger partial charge is 0.260 e. The Morgan fingerprint density at radius 2 is 1.66 bits per heavy atom. The normalized spacial score (nSPS) is 10.6. The van der Waals surface area contributed by atoms with Crippen molar-refractivity contribution in [3.8, 4) is 5.75 Å². The Morgan fingerprint density at radius 1 is 0.966 bits per heavy atom. The van der Waals surface area contributed by atoms with Gasteiger partial charge in [-0.1, -0.05) is 34.8 Å². The lowest BCUT2D eigenvalue weighted by Gasteiger charge is -2.13. The third kappa shape index (κ3) is 4.97. The van der Waals surface area contributed by atoms with E-state index in [4.69, 9.17) is 46.4 Å². The molecule has 0 aliphatic heterocycles. The molecule has 1 heterocycles. The second-order valence-corrected chi connectivity index (χ2v) is 8.20. The fourth-order valence-corrected chi connectivity index (χ4v) is 4.38. The van der Waals surface area contributed by atoms with E-state index in [1.807, 2.05) is 0 Å². The van der Waals surface area contributed by atoms with Crippen molar-refractivity contribution in [1.82, 2.24) is 0 Å². The summed E-state index contributed by atoms with van der Waals surface area (Å²) < 4.78 is 0. The van der Waals surface area contributed by atoms with Gasteiger partial charge in [0, 0.05) is 21.6 Å². The lowest BCUT2D eigenvalue weighted by Crippen LogP contribution is -2.20. The van der Waals surface area contributed by atoms with Gasteiger partial charge in [-0.3, -0.25) is 9.59 Å². The molecular formula is C19H12Cl4N2O3S. The van der Waals surface area contributed by atoms with Crippen LogP contribution in [0.5, 0.6) is 5.75 Å². The minimum Gasteiger partial charge on any atom is -0.507 e. The largest absolute Gasteiger partial charge is 0.507 e. The molecule has 29 heavy (non-hydrogen) atoms. The quantitative estimate of drug-likeness (QED) is 0.350. The third-order valence-corrected chi connectivity index (χ3v) is 6.07. The van der Waals surface area contributed by atoms with Crippen molar-refractivity contribution in [3.63, 3.8) is 0 Å². The number of thiophene rings is 1. The Bertz CT molecular complexity index is 1080. The number of phenols is 1. The summed E-state index contributed by atoms with van der Waals surface area (Å²) in [7, 11) is 0. The van der Waals surface area contributed by atoms with Crippen LogP contribution in [0.15, 0.2) is 41.8 Å². The third-order valence-electron chi connectivity index (χ3n) is 3.83. The number of anilines is 2. The highest BCUT2D eigenvalue weighted by Crippen LogP contribution is 2.35. The van der Waals surface area contributed by atoms with Gasteiger partial charge in [0.05, 0.1) is 16.1 Å². The summed E-state index contributed by atoms with van der Waals surface area (Å²) in [5.41, 5.74) is 0.776. The number of halogens is 4. The summed E-state index contributed by atoms with van der Waals surface area (Å²) in [4.78, 5) is 25.6. The highest BCUT2D eigenvalue weighted by atomic mass is 35.5. The van der Waals surface area contributed by atoms with E-state index < -0.39 is 17.6 Å². The van der Waals surface area contributed by atoms with Crippen molar-refractivity contribution in [2.24, 2.45) is 0 Å². The summed E-state index contributed by atoms with van der Waals surface area (Å²) in [6.07, 6.45) is 0. The maximum atomic E-state index is 12.8. The number of phenolic OH excluding ortho intramolecular Hbond substituents is 1. The summed E-state index contributed by atoms with van der Waals surface area (Å²) in [5, 5.41) is 18.5. The molecule has 0 saturated heterocycles. The first-order valence-corrected chi connectivity index (χ1v) is 10.6. The van der Waals surface area contributed by atoms with E-state index in [1.165, 1.54) is 23.5 Å². The highest BCUT2D eigenvalue weighted by Gasteiger charge is 2.24. The first-order valence-electron chi connectivity index (χ1n) is 8.02. The number of nitrogens with one attached hydrogen (secondary N) is 2. The van der Waals surface area contributed by atoms with Gasteiger partial charge in [-0.15, -0.1) is 22.9 Å². The number of hydrogen-bond acceptors (Lipinski definition) is 4. The number of carbonyl (C=O) groups is 2. The molecule has 0 unspecified atom stereocenters. The van der Waals surface area contributed by atoms with E-state index in [1.54, 1.807) is 29.6 Å². The van der Waals surface area contributed by atoms with Crippen LogP contribution in [0.25, 0.3) is 0 Å². The lowest BCUT2D eigenvalue weighted by atomic mass is 10.0. The van der Waals surface area contributed by atoms with Gasteiger partial charge in [-0.2, -0.15) is 0 Å². The molecule has 3 N–H and O–H groups in total. The van der Waals surface area contributed by atoms with Crippen LogP contribution in [0, 0.1) is 0 Å². The molecule has 0 aliphatic carbocycles. The maximum Gasteiger partial charge on any atom is 0.260 e. The Hall–Kier alpha value is -1.96. The Balaban J connectivity index is 1.93. The average molecular weight is 490 g/mol. The first kappa shape index (κ1) is 21.7. The highest BCUT2D eigenvalue weighted by molar-refractivity contribution is 7.15. The van der Waals surface area contributed by atoms with Gasteiger partial charge in [0.15, 0.2) is 0 Å². The molecule has 0 spiro atoms. The van der Waals surface area contributed by atoms with Crippen LogP contribution in [0.3, 0.4) is 0 Å². The summed E-state index contributed by atoms with van der Waals surface area (Å²) in [5.74, 6) is -1.60. The molecule has 1 aromatic heterocycles. The molecule has 0 bridgehead atoms. The first-order chi connectivity index (χ1) is 13.8. The molecule has 5 nitrogen and oxygen atoms in total. The fourth-order valence-electron chi connectivity index (χ4n) is 2.46. The van der Waals surface area contributed by atoms with Gasteiger partial charge in [-0.05, 0) is 47.3 Å². The molecule has 10 heteroatoms. The van der Waals surface area contributed by atoms with Crippen molar-refractivity contribution < 1.29 is 14.7 Å². The summed E-state index contributed by atoms with van der Waals surface area (Å²) in [6.45, 7) is 0. The number of carbonyl (C=O) groups excluding carboxylic acids is 2. The van der Waals surface area contributed by atoms with E-state index in [0.29, 0.717) is 26.3 Å². The summed E-state index contributed by atoms with van der Waals surface area (Å²) >= 11 is 25.0. The predicted molar refractivity (Wildman–Crippen MR) is 119 cm³/mol. The number of hydrogen-bond donors (Lipinski definition) is 3. The van der Waals surface area contributed by atoms with Gasteiger partial charge in [-0.25, -0.2) is 0 Å². The van der Waals surface area contributed by atoms with Crippen LogP contribution < -0.4 is 10.6 Å². The lowest BCUT2D eigenvalue weighted by molar-refractivity contribution is 0.0988. The van der Waals surface area contributed by atoms with E-state index in [2.05, 4.69) is 10.6 Å². The zero-order valence-corrected chi connectivity index (χ0v) is 18.3. The van der Waals surface area contributed by atoms with Crippen LogP contribution in [-0.2, 0) is 5.88 Å². The number of alkyl halides is 1. The van der Waals surface area contributed by atoms with Crippen molar-refractivity contribution >= 4 is 80.2 Å². The van der Waals surface area contributed by atoms with E-state index in [9.17, 15) is 14.7 Å². The van der Waals surface area contributed by atoms with Gasteiger partial charge in [0.25, 0.3) is 11.8 Å². The molecule has 0 radical (unpaired) electrons. The molecule has 2 amide bonds. The Kier molecular flexibility index (Phi) is 6.93. The van der Waals surface area contributed by atoms with E-state index >= 15 is 0 Å². The minimum absolute atomic E-state index is 0.0962. The molecular weight excluding hydrogens is 478 g/mol. The molecule has 3 rings (SSSR count). The van der Waals surface area contributed by atoms with Crippen LogP contribution in [0.1, 0.15) is 26.3 Å². The van der Waals surface area contributed by atoms with Crippen LogP contribution >= 0.6 is 57.7 Å². The van der Waals surface area contributed by atoms with Crippen molar-refractivity contribution in [3.05, 3.63) is 73.5 Å². The second-order valence-electron chi connectivity index (χ2n) is 5.80. The van der Waals surface area contributed by atoms with E-state index in [0.717, 1.165) is 0 Å². The zero-order valence-electron chi connectivity index (χ0n) is 14.4. The summed E-state index contributed by atoms with van der Waals surface area (Å²) in [6, 6.07) is 8.88. The van der Waals surface area contributed by atoms with Crippen molar-refractivity contribution in [2.75, 3.05) is 10.6 Å². The molecule has 3 aromatic rings. The van der Waals surface area contributed by atoms with Crippen LogP contribution in [0.2, 0.25) is 15.1 Å². The molecule has 0 saturated carbocycles. The average Bonchev–Trinajstić information content (AvgIpc) is 3.02. The standard InChI is InChI=1S/C19H12Cl4N2O3S/c20-7-9-8-29-19(16(9)23)25-18(28)15-13(5-11(22)6-14(15)26)17(27)24-12-3-1-10(21)2-4-12/h1-6,8,26H,7H2,(H,24,27)(H,25,28). The fraction of sp³-hybridized carbons (Fsp3) is 0.0526. The number of benzene rings is 2. The number of amides is 2. The minimum atomic E-state index is -0.717. The van der Waals surface area contributed by atoms with Gasteiger partial charge in [0.1, 0.15) is 10.8 Å². The van der Waals surface area contributed by atoms with E-state index in [-0.39, 0.29) is 22.0 Å². The second kappa shape index (κ2) is 9.24. The molecule has 0 aliphatic rings. The van der Waals surface area contributed by atoms with Gasteiger partial charge in [0.2, 0.25) is 0 Å². The van der Waals surface area contributed by atoms with Crippen molar-refractivity contribution in [1.29, 1.82) is 0 Å². The molecule has 0 fully saturated rings. The SMILES string of the molecule is O=C(Nc1ccc(Cl)cc1)c1cc(Cl)cc(O)c1C(=O)Nc1scc(CCl)c1Cl. The van der Waals surface area contributed by atoms with Gasteiger partial charge >= 0.3 is 0 Å². The van der Waals surface area contributed by atoms with Crippen LogP contribution in [-0.4, -0.2) is 16.9 Å². The molecule has 0 atom stereocenters. The zero-order chi connectivity index (χ0) is 21.1. The van der Waals surface area contributed by atoms with Gasteiger partial charge < -0.3 is 15.7 Å². The molecule has 150 valence electrons. The number of rotatable bonds is 5. The maximum absolute atomic E-state index is 12.8. The monoisotopic (exact) mass is 488 g/mol. The Labute approximate surface area is 190 Å². The van der Waals surface area contributed by atoms with Crippen molar-refractivity contribution in [2.45, 2.75) is 5.88 Å². The topological polar surface area (TPSA) is 78.4 Å². The Morgan fingerprint density at radius 3 is 2.28 bits per heavy atom. The van der Waals surface area contributed by atoms with Crippen LogP contribution in [0.4, 0.5) is 10.7 Å². The predicted octanol–water partition coefficient (Wildman–Crippen LogP) is 6.66.